The van der Waals surface area contributed by atoms with Crippen molar-refractivity contribution in [2.24, 2.45) is 5.92 Å². The average Bonchev–Trinajstić information content (AvgIpc) is 2.83. The van der Waals surface area contributed by atoms with Gasteiger partial charge in [-0.1, -0.05) is 6.92 Å². The zero-order valence-electron chi connectivity index (χ0n) is 16.9. The number of piperazine rings is 1. The molecule has 0 aliphatic carbocycles. The molecule has 24 heavy (non-hydrogen) atoms. The van der Waals surface area contributed by atoms with Crippen molar-refractivity contribution in [2.75, 3.05) is 26.2 Å². The van der Waals surface area contributed by atoms with E-state index in [0.29, 0.717) is 0 Å². The second-order valence-electron chi connectivity index (χ2n) is 9.37. The lowest BCUT2D eigenvalue weighted by Crippen LogP contribution is -2.57. The zero-order valence-corrected chi connectivity index (χ0v) is 16.9. The molecule has 3 heteroatoms. The van der Waals surface area contributed by atoms with Gasteiger partial charge in [0.05, 0.1) is 0 Å². The first-order valence-electron chi connectivity index (χ1n) is 10.7. The highest BCUT2D eigenvalue weighted by Gasteiger charge is 2.41. The molecule has 2 bridgehead atoms. The van der Waals surface area contributed by atoms with Crippen LogP contribution < -0.4 is 0 Å². The molecule has 0 amide bonds. The van der Waals surface area contributed by atoms with Crippen molar-refractivity contribution in [3.8, 4) is 0 Å². The topological polar surface area (TPSA) is 9.72 Å². The summed E-state index contributed by atoms with van der Waals surface area (Å²) in [7, 11) is 0. The minimum absolute atomic E-state index is 0.724. The van der Waals surface area contributed by atoms with E-state index in [-0.39, 0.29) is 0 Å². The van der Waals surface area contributed by atoms with Crippen molar-refractivity contribution in [1.29, 1.82) is 0 Å². The Labute approximate surface area is 150 Å². The lowest BCUT2D eigenvalue weighted by atomic mass is 9.96. The average molecular weight is 336 g/mol. The molecule has 0 saturated carbocycles. The van der Waals surface area contributed by atoms with Crippen molar-refractivity contribution in [2.45, 2.75) is 103 Å². The van der Waals surface area contributed by atoms with E-state index in [0.717, 1.165) is 36.1 Å². The first kappa shape index (κ1) is 18.7. The quantitative estimate of drug-likeness (QED) is 0.730. The fourth-order valence-corrected chi connectivity index (χ4v) is 5.49. The largest absolute Gasteiger partial charge is 0.301 e. The monoisotopic (exact) mass is 335 g/mol. The van der Waals surface area contributed by atoms with Crippen LogP contribution in [0.2, 0.25) is 0 Å². The van der Waals surface area contributed by atoms with E-state index in [2.05, 4.69) is 49.3 Å². The molecule has 140 valence electrons. The summed E-state index contributed by atoms with van der Waals surface area (Å²) >= 11 is 0. The minimum Gasteiger partial charge on any atom is -0.301 e. The van der Waals surface area contributed by atoms with Crippen LogP contribution in [-0.4, -0.2) is 71.1 Å². The van der Waals surface area contributed by atoms with Crippen LogP contribution in [0.25, 0.3) is 0 Å². The van der Waals surface area contributed by atoms with Crippen molar-refractivity contribution in [1.82, 2.24) is 14.7 Å². The van der Waals surface area contributed by atoms with Gasteiger partial charge in [0, 0.05) is 43.3 Å². The van der Waals surface area contributed by atoms with E-state index >= 15 is 0 Å². The molecular formula is C21H41N3. The van der Waals surface area contributed by atoms with Gasteiger partial charge in [0.2, 0.25) is 0 Å². The summed E-state index contributed by atoms with van der Waals surface area (Å²) < 4.78 is 0. The predicted octanol–water partition coefficient (Wildman–Crippen LogP) is 3.83. The number of nitrogens with zero attached hydrogens (tertiary/aromatic N) is 3. The van der Waals surface area contributed by atoms with E-state index in [1.165, 1.54) is 64.7 Å². The fourth-order valence-electron chi connectivity index (χ4n) is 5.49. The Morgan fingerprint density at radius 2 is 1.25 bits per heavy atom. The third kappa shape index (κ3) is 4.16. The van der Waals surface area contributed by atoms with Gasteiger partial charge >= 0.3 is 0 Å². The number of hydrogen-bond acceptors (Lipinski definition) is 3. The molecule has 3 rings (SSSR count). The molecule has 0 radical (unpaired) electrons. The van der Waals surface area contributed by atoms with Crippen molar-refractivity contribution in [3.63, 3.8) is 0 Å². The van der Waals surface area contributed by atoms with Crippen molar-refractivity contribution >= 4 is 0 Å². The first-order valence-corrected chi connectivity index (χ1v) is 10.7. The molecule has 0 N–H and O–H groups in total. The molecule has 3 fully saturated rings. The molecule has 3 aliphatic rings. The maximum absolute atomic E-state index is 2.81. The van der Waals surface area contributed by atoms with Crippen LogP contribution in [0.4, 0.5) is 0 Å². The summed E-state index contributed by atoms with van der Waals surface area (Å²) in [5.41, 5.74) is 0. The Balaban J connectivity index is 1.44. The molecule has 4 atom stereocenters. The summed E-state index contributed by atoms with van der Waals surface area (Å²) in [6, 6.07) is 3.91. The van der Waals surface area contributed by atoms with Crippen LogP contribution in [-0.2, 0) is 0 Å². The maximum Gasteiger partial charge on any atom is 0.0230 e. The molecule has 0 aromatic rings. The van der Waals surface area contributed by atoms with Gasteiger partial charge in [0.1, 0.15) is 0 Å². The van der Waals surface area contributed by atoms with Crippen molar-refractivity contribution in [3.05, 3.63) is 0 Å². The number of fused-ring (bicyclic) bond motifs is 2. The number of likely N-dealkylation sites (tertiary alicyclic amines) is 2. The number of hydrogen-bond donors (Lipinski definition) is 0. The predicted molar refractivity (Wildman–Crippen MR) is 103 cm³/mol. The summed E-state index contributed by atoms with van der Waals surface area (Å²) in [6.07, 6.45) is 8.40. The van der Waals surface area contributed by atoms with Gasteiger partial charge in [-0.3, -0.25) is 9.80 Å². The molecule has 3 aliphatic heterocycles. The maximum atomic E-state index is 2.81. The molecule has 3 heterocycles. The smallest absolute Gasteiger partial charge is 0.0230 e. The van der Waals surface area contributed by atoms with Crippen LogP contribution in [0, 0.1) is 5.92 Å². The molecule has 0 spiro atoms. The van der Waals surface area contributed by atoms with Gasteiger partial charge in [-0.05, 0) is 85.2 Å². The summed E-state index contributed by atoms with van der Waals surface area (Å²) in [6.45, 7) is 17.4. The van der Waals surface area contributed by atoms with E-state index in [4.69, 9.17) is 0 Å². The lowest BCUT2D eigenvalue weighted by Gasteiger charge is -2.45. The third-order valence-corrected chi connectivity index (χ3v) is 7.23. The van der Waals surface area contributed by atoms with Crippen LogP contribution in [0.1, 0.15) is 73.1 Å². The number of rotatable bonds is 6. The van der Waals surface area contributed by atoms with E-state index < -0.39 is 0 Å². The highest BCUT2D eigenvalue weighted by molar-refractivity contribution is 4.98. The van der Waals surface area contributed by atoms with E-state index in [1.54, 1.807) is 0 Å². The van der Waals surface area contributed by atoms with Gasteiger partial charge < -0.3 is 4.90 Å². The number of piperidine rings is 1. The second kappa shape index (κ2) is 8.05. The van der Waals surface area contributed by atoms with E-state index in [9.17, 15) is 0 Å². The summed E-state index contributed by atoms with van der Waals surface area (Å²) in [5.74, 6) is 0.945. The van der Waals surface area contributed by atoms with Gasteiger partial charge in [0.15, 0.2) is 0 Å². The Kier molecular flexibility index (Phi) is 6.26. The Morgan fingerprint density at radius 1 is 0.750 bits per heavy atom. The van der Waals surface area contributed by atoms with Crippen LogP contribution in [0.5, 0.6) is 0 Å². The third-order valence-electron chi connectivity index (χ3n) is 7.23. The summed E-state index contributed by atoms with van der Waals surface area (Å²) in [5, 5.41) is 0. The lowest BCUT2D eigenvalue weighted by molar-refractivity contribution is 0.0213. The Hall–Kier alpha value is -0.120. The highest BCUT2D eigenvalue weighted by Crippen LogP contribution is 2.33. The minimum atomic E-state index is 0.724. The fraction of sp³-hybridized carbons (Fsp3) is 1.00. The SMILES string of the molecule is CC1CCN(C(C)CCC(C)N2CC3CCC(C2)N3C(C)C)CC1. The van der Waals surface area contributed by atoms with Crippen LogP contribution >= 0.6 is 0 Å². The molecule has 0 aromatic heterocycles. The molecule has 4 unspecified atom stereocenters. The normalized spacial score (nSPS) is 33.2. The van der Waals surface area contributed by atoms with Gasteiger partial charge in [0.25, 0.3) is 0 Å². The molecular weight excluding hydrogens is 294 g/mol. The molecule has 0 aromatic carbocycles. The standard InChI is InChI=1S/C21H41N3/c1-16(2)24-20-8-9-21(24)15-23(14-20)19(5)7-6-18(4)22-12-10-17(3)11-13-22/h16-21H,6-15H2,1-5H3. The highest BCUT2D eigenvalue weighted by atomic mass is 15.3. The van der Waals surface area contributed by atoms with Crippen LogP contribution in [0.15, 0.2) is 0 Å². The van der Waals surface area contributed by atoms with Crippen molar-refractivity contribution < 1.29 is 0 Å². The van der Waals surface area contributed by atoms with Gasteiger partial charge in [-0.15, -0.1) is 0 Å². The Bertz CT molecular complexity index is 375. The van der Waals surface area contributed by atoms with Crippen LogP contribution in [0.3, 0.4) is 0 Å². The first-order chi connectivity index (χ1) is 11.5. The zero-order chi connectivity index (χ0) is 17.3. The Morgan fingerprint density at radius 3 is 1.75 bits per heavy atom. The molecule has 3 saturated heterocycles. The molecule has 3 nitrogen and oxygen atoms in total. The van der Waals surface area contributed by atoms with Gasteiger partial charge in [-0.25, -0.2) is 0 Å². The van der Waals surface area contributed by atoms with Gasteiger partial charge in [-0.2, -0.15) is 0 Å². The summed E-state index contributed by atoms with van der Waals surface area (Å²) in [4.78, 5) is 8.36. The van der Waals surface area contributed by atoms with E-state index in [1.807, 2.05) is 0 Å². The second-order valence-corrected chi connectivity index (χ2v) is 9.37.